The van der Waals surface area contributed by atoms with Crippen molar-refractivity contribution < 1.29 is 9.53 Å². The van der Waals surface area contributed by atoms with Gasteiger partial charge in [0.1, 0.15) is 0 Å². The predicted octanol–water partition coefficient (Wildman–Crippen LogP) is 1.96. The van der Waals surface area contributed by atoms with Crippen molar-refractivity contribution in [2.75, 3.05) is 20.7 Å². The molecule has 0 saturated carbocycles. The molecule has 3 heteroatoms. The molecule has 0 aromatic rings. The molecule has 0 atom stereocenters. The summed E-state index contributed by atoms with van der Waals surface area (Å²) in [4.78, 5) is 13.3. The third kappa shape index (κ3) is 4.12. The lowest BCUT2D eigenvalue weighted by Crippen LogP contribution is -2.13. The van der Waals surface area contributed by atoms with Crippen molar-refractivity contribution >= 4 is 5.97 Å². The second-order valence-electron chi connectivity index (χ2n) is 3.18. The van der Waals surface area contributed by atoms with E-state index in [1.165, 1.54) is 0 Å². The van der Waals surface area contributed by atoms with Crippen molar-refractivity contribution in [3.8, 4) is 0 Å². The zero-order valence-corrected chi connectivity index (χ0v) is 9.46. The van der Waals surface area contributed by atoms with Gasteiger partial charge in [-0.15, -0.1) is 0 Å². The highest BCUT2D eigenvalue weighted by Crippen LogP contribution is 2.13. The van der Waals surface area contributed by atoms with Crippen LogP contribution in [0.4, 0.5) is 0 Å². The van der Waals surface area contributed by atoms with Gasteiger partial charge in [-0.1, -0.05) is 13.5 Å². The van der Waals surface area contributed by atoms with E-state index in [0.29, 0.717) is 12.2 Å². The molecule has 0 heterocycles. The Morgan fingerprint density at radius 2 is 2.00 bits per heavy atom. The number of esters is 1. The summed E-state index contributed by atoms with van der Waals surface area (Å²) in [5.41, 5.74) is 1.36. The van der Waals surface area contributed by atoms with E-state index in [2.05, 4.69) is 6.58 Å². The monoisotopic (exact) mass is 197 g/mol. The molecular formula is C11H19NO2. The van der Waals surface area contributed by atoms with Crippen molar-refractivity contribution in [1.29, 1.82) is 0 Å². The molecule has 0 aromatic heterocycles. The third-order valence-electron chi connectivity index (χ3n) is 1.69. The lowest BCUT2D eigenvalue weighted by molar-refractivity contribution is -0.138. The Morgan fingerprint density at radius 3 is 2.36 bits per heavy atom. The summed E-state index contributed by atoms with van der Waals surface area (Å²) in [6.45, 7) is 7.98. The standard InChI is InChI=1S/C11H19NO2/c1-6-9(3)10(8-12(4)5)11(13)14-7-2/h8H,3,6-7H2,1-2,4-5H3/b10-8+. The van der Waals surface area contributed by atoms with Crippen LogP contribution in [-0.4, -0.2) is 31.6 Å². The summed E-state index contributed by atoms with van der Waals surface area (Å²) in [5, 5.41) is 0. The molecule has 0 aliphatic heterocycles. The van der Waals surface area contributed by atoms with E-state index in [4.69, 9.17) is 4.74 Å². The van der Waals surface area contributed by atoms with Crippen LogP contribution in [0.5, 0.6) is 0 Å². The van der Waals surface area contributed by atoms with Crippen LogP contribution in [0.1, 0.15) is 20.3 Å². The molecule has 0 aliphatic carbocycles. The topological polar surface area (TPSA) is 29.5 Å². The van der Waals surface area contributed by atoms with Crippen LogP contribution >= 0.6 is 0 Å². The lowest BCUT2D eigenvalue weighted by atomic mass is 10.1. The van der Waals surface area contributed by atoms with Gasteiger partial charge in [0.05, 0.1) is 12.2 Å². The predicted molar refractivity (Wildman–Crippen MR) is 57.8 cm³/mol. The molecule has 0 aromatic carbocycles. The molecule has 3 nitrogen and oxygen atoms in total. The Hall–Kier alpha value is -1.25. The van der Waals surface area contributed by atoms with Gasteiger partial charge >= 0.3 is 5.97 Å². The van der Waals surface area contributed by atoms with Crippen LogP contribution in [0.15, 0.2) is 23.9 Å². The minimum absolute atomic E-state index is 0.298. The van der Waals surface area contributed by atoms with Crippen molar-refractivity contribution in [2.45, 2.75) is 20.3 Å². The molecule has 0 bridgehead atoms. The average Bonchev–Trinajstić information content (AvgIpc) is 2.13. The van der Waals surface area contributed by atoms with Crippen molar-refractivity contribution in [3.05, 3.63) is 23.9 Å². The van der Waals surface area contributed by atoms with Gasteiger partial charge in [-0.05, 0) is 18.9 Å². The first-order chi connectivity index (χ1) is 6.52. The van der Waals surface area contributed by atoms with Crippen LogP contribution in [-0.2, 0) is 9.53 Å². The summed E-state index contributed by atoms with van der Waals surface area (Å²) < 4.78 is 4.93. The van der Waals surface area contributed by atoms with E-state index in [9.17, 15) is 4.79 Å². The molecule has 0 spiro atoms. The Balaban J connectivity index is 4.72. The smallest absolute Gasteiger partial charge is 0.339 e. The van der Waals surface area contributed by atoms with Gasteiger partial charge in [-0.3, -0.25) is 0 Å². The molecule has 0 amide bonds. The van der Waals surface area contributed by atoms with Crippen LogP contribution in [0.3, 0.4) is 0 Å². The molecule has 0 fully saturated rings. The second kappa shape index (κ2) is 6.24. The Morgan fingerprint density at radius 1 is 1.43 bits per heavy atom. The van der Waals surface area contributed by atoms with E-state index in [0.717, 1.165) is 12.0 Å². The van der Waals surface area contributed by atoms with Gasteiger partial charge in [0.2, 0.25) is 0 Å². The number of carbonyl (C=O) groups excluding carboxylic acids is 1. The number of hydrogen-bond acceptors (Lipinski definition) is 3. The molecule has 0 N–H and O–H groups in total. The summed E-state index contributed by atoms with van der Waals surface area (Å²) in [5.74, 6) is -0.298. The van der Waals surface area contributed by atoms with Gasteiger partial charge in [0, 0.05) is 20.3 Å². The number of carbonyl (C=O) groups is 1. The van der Waals surface area contributed by atoms with E-state index in [-0.39, 0.29) is 5.97 Å². The van der Waals surface area contributed by atoms with Crippen LogP contribution in [0.2, 0.25) is 0 Å². The highest BCUT2D eigenvalue weighted by atomic mass is 16.5. The van der Waals surface area contributed by atoms with Gasteiger partial charge in [0.15, 0.2) is 0 Å². The van der Waals surface area contributed by atoms with E-state index < -0.39 is 0 Å². The molecule has 0 radical (unpaired) electrons. The highest BCUT2D eigenvalue weighted by Gasteiger charge is 2.12. The number of hydrogen-bond donors (Lipinski definition) is 0. The zero-order valence-electron chi connectivity index (χ0n) is 9.46. The first-order valence-electron chi connectivity index (χ1n) is 4.76. The minimum Gasteiger partial charge on any atom is -0.462 e. The first kappa shape index (κ1) is 12.8. The van der Waals surface area contributed by atoms with Crippen LogP contribution in [0.25, 0.3) is 0 Å². The zero-order chi connectivity index (χ0) is 11.1. The quantitative estimate of drug-likeness (QED) is 0.383. The molecule has 0 unspecified atom stereocenters. The van der Waals surface area contributed by atoms with E-state index in [1.54, 1.807) is 13.1 Å². The third-order valence-corrected chi connectivity index (χ3v) is 1.69. The number of nitrogens with zero attached hydrogens (tertiary/aromatic N) is 1. The van der Waals surface area contributed by atoms with Crippen molar-refractivity contribution in [3.63, 3.8) is 0 Å². The maximum absolute atomic E-state index is 11.5. The fraction of sp³-hybridized carbons (Fsp3) is 0.545. The minimum atomic E-state index is -0.298. The van der Waals surface area contributed by atoms with Crippen LogP contribution < -0.4 is 0 Å². The molecule has 0 saturated heterocycles. The first-order valence-corrected chi connectivity index (χ1v) is 4.76. The Bertz CT molecular complexity index is 242. The summed E-state index contributed by atoms with van der Waals surface area (Å²) in [6, 6.07) is 0. The summed E-state index contributed by atoms with van der Waals surface area (Å²) >= 11 is 0. The molecule has 0 aliphatic rings. The van der Waals surface area contributed by atoms with Crippen LogP contribution in [0, 0.1) is 0 Å². The second-order valence-corrected chi connectivity index (χ2v) is 3.18. The SMILES string of the molecule is C=C(CC)/C(=C\N(C)C)C(=O)OCC. The normalized spacial score (nSPS) is 11.0. The van der Waals surface area contributed by atoms with Gasteiger partial charge in [-0.25, -0.2) is 4.79 Å². The van der Waals surface area contributed by atoms with Crippen molar-refractivity contribution in [1.82, 2.24) is 4.90 Å². The van der Waals surface area contributed by atoms with Crippen molar-refractivity contribution in [2.24, 2.45) is 0 Å². The maximum atomic E-state index is 11.5. The summed E-state index contributed by atoms with van der Waals surface area (Å²) in [6.07, 6.45) is 2.49. The molecule has 0 rings (SSSR count). The molecule has 14 heavy (non-hydrogen) atoms. The van der Waals surface area contributed by atoms with E-state index in [1.807, 2.05) is 25.9 Å². The van der Waals surface area contributed by atoms with Gasteiger partial charge in [-0.2, -0.15) is 0 Å². The highest BCUT2D eigenvalue weighted by molar-refractivity contribution is 5.93. The fourth-order valence-electron chi connectivity index (χ4n) is 0.946. The molecular weight excluding hydrogens is 178 g/mol. The van der Waals surface area contributed by atoms with Gasteiger partial charge in [0.25, 0.3) is 0 Å². The fourth-order valence-corrected chi connectivity index (χ4v) is 0.946. The summed E-state index contributed by atoms with van der Waals surface area (Å²) in [7, 11) is 3.73. The number of ether oxygens (including phenoxy) is 1. The average molecular weight is 197 g/mol. The molecule has 80 valence electrons. The number of rotatable bonds is 5. The van der Waals surface area contributed by atoms with E-state index >= 15 is 0 Å². The lowest BCUT2D eigenvalue weighted by Gasteiger charge is -2.12. The van der Waals surface area contributed by atoms with Gasteiger partial charge < -0.3 is 9.64 Å². The Labute approximate surface area is 86.0 Å². The Kier molecular flexibility index (Phi) is 5.68. The maximum Gasteiger partial charge on any atom is 0.339 e. The largest absolute Gasteiger partial charge is 0.462 e.